The van der Waals surface area contributed by atoms with Crippen molar-refractivity contribution in [3.8, 4) is 11.3 Å². The van der Waals surface area contributed by atoms with Crippen LogP contribution < -0.4 is 5.32 Å². The lowest BCUT2D eigenvalue weighted by atomic mass is 10.2. The van der Waals surface area contributed by atoms with Gasteiger partial charge in [0.2, 0.25) is 5.89 Å². The van der Waals surface area contributed by atoms with Crippen LogP contribution in [0.15, 0.2) is 39.6 Å². The fourth-order valence-electron chi connectivity index (χ4n) is 2.62. The van der Waals surface area contributed by atoms with Crippen molar-refractivity contribution in [2.45, 2.75) is 31.7 Å². The minimum absolute atomic E-state index is 0.208. The second-order valence-electron chi connectivity index (χ2n) is 6.58. The summed E-state index contributed by atoms with van der Waals surface area (Å²) in [5.41, 5.74) is 1.56. The number of aromatic nitrogens is 4. The SMILES string of the molecule is CN(Cc1cc(-c2cccnc2)no1)C(=O)NCCc1noc(C2CC2)n1. The molecule has 0 bridgehead atoms. The van der Waals surface area contributed by atoms with Gasteiger partial charge in [-0.1, -0.05) is 10.3 Å². The van der Waals surface area contributed by atoms with E-state index in [0.717, 1.165) is 18.4 Å². The molecule has 1 aliphatic rings. The van der Waals surface area contributed by atoms with Crippen LogP contribution in [0, 0.1) is 0 Å². The van der Waals surface area contributed by atoms with Crippen molar-refractivity contribution in [1.82, 2.24) is 30.5 Å². The maximum Gasteiger partial charge on any atom is 0.317 e. The molecule has 0 spiro atoms. The van der Waals surface area contributed by atoms with E-state index < -0.39 is 0 Å². The quantitative estimate of drug-likeness (QED) is 0.681. The highest BCUT2D eigenvalue weighted by molar-refractivity contribution is 5.73. The average molecular weight is 368 g/mol. The Morgan fingerprint density at radius 3 is 3.00 bits per heavy atom. The second kappa shape index (κ2) is 7.56. The number of rotatable bonds is 7. The topological polar surface area (TPSA) is 110 Å². The van der Waals surface area contributed by atoms with Crippen molar-refractivity contribution >= 4 is 6.03 Å². The van der Waals surface area contributed by atoms with Gasteiger partial charge in [-0.25, -0.2) is 4.79 Å². The fraction of sp³-hybridized carbons (Fsp3) is 0.389. The summed E-state index contributed by atoms with van der Waals surface area (Å²) in [4.78, 5) is 22.1. The monoisotopic (exact) mass is 368 g/mol. The van der Waals surface area contributed by atoms with Gasteiger partial charge >= 0.3 is 6.03 Å². The van der Waals surface area contributed by atoms with Gasteiger partial charge in [0.15, 0.2) is 11.6 Å². The van der Waals surface area contributed by atoms with E-state index in [9.17, 15) is 4.79 Å². The van der Waals surface area contributed by atoms with Crippen LogP contribution in [0.3, 0.4) is 0 Å². The molecule has 4 rings (SSSR count). The molecule has 0 atom stereocenters. The van der Waals surface area contributed by atoms with Crippen LogP contribution in [0.1, 0.15) is 36.2 Å². The standard InChI is InChI=1S/C18H20N6O3/c1-24(11-14-9-15(22-26-14)13-3-2-7-19-10-13)18(25)20-8-6-16-21-17(27-23-16)12-4-5-12/h2-3,7,9-10,12H,4-6,8,11H2,1H3,(H,20,25). The lowest BCUT2D eigenvalue weighted by Crippen LogP contribution is -2.37. The normalized spacial score (nSPS) is 13.5. The molecule has 9 nitrogen and oxygen atoms in total. The van der Waals surface area contributed by atoms with Gasteiger partial charge in [0, 0.05) is 50.0 Å². The first-order chi connectivity index (χ1) is 13.2. The van der Waals surface area contributed by atoms with Crippen molar-refractivity contribution in [1.29, 1.82) is 0 Å². The van der Waals surface area contributed by atoms with E-state index in [4.69, 9.17) is 9.05 Å². The van der Waals surface area contributed by atoms with Crippen LogP contribution in [0.25, 0.3) is 11.3 Å². The maximum atomic E-state index is 12.2. The number of nitrogens with zero attached hydrogens (tertiary/aromatic N) is 5. The first-order valence-electron chi connectivity index (χ1n) is 8.86. The summed E-state index contributed by atoms with van der Waals surface area (Å²) < 4.78 is 10.5. The predicted molar refractivity (Wildman–Crippen MR) is 94.6 cm³/mol. The van der Waals surface area contributed by atoms with Crippen LogP contribution in [-0.4, -0.2) is 44.8 Å². The average Bonchev–Trinajstić information content (AvgIpc) is 3.25. The number of carbonyl (C=O) groups excluding carboxylic acids is 1. The third kappa shape index (κ3) is 4.30. The minimum atomic E-state index is -0.208. The van der Waals surface area contributed by atoms with Crippen molar-refractivity contribution in [3.05, 3.63) is 48.1 Å². The van der Waals surface area contributed by atoms with E-state index in [0.29, 0.717) is 48.6 Å². The van der Waals surface area contributed by atoms with E-state index in [1.165, 1.54) is 4.90 Å². The van der Waals surface area contributed by atoms with Crippen molar-refractivity contribution in [2.24, 2.45) is 0 Å². The van der Waals surface area contributed by atoms with Crippen molar-refractivity contribution < 1.29 is 13.8 Å². The molecule has 1 aliphatic carbocycles. The number of nitrogens with one attached hydrogen (secondary N) is 1. The Balaban J connectivity index is 1.24. The van der Waals surface area contributed by atoms with Crippen molar-refractivity contribution in [3.63, 3.8) is 0 Å². The number of pyridine rings is 1. The van der Waals surface area contributed by atoms with Gasteiger partial charge in [-0.3, -0.25) is 4.98 Å². The summed E-state index contributed by atoms with van der Waals surface area (Å²) in [5.74, 6) is 2.36. The van der Waals surface area contributed by atoms with E-state index in [-0.39, 0.29) is 6.03 Å². The van der Waals surface area contributed by atoms with E-state index >= 15 is 0 Å². The van der Waals surface area contributed by atoms with E-state index in [2.05, 4.69) is 25.6 Å². The maximum absolute atomic E-state index is 12.2. The van der Waals surface area contributed by atoms with Gasteiger partial charge in [0.25, 0.3) is 0 Å². The predicted octanol–water partition coefficient (Wildman–Crippen LogP) is 2.38. The van der Waals surface area contributed by atoms with Crippen LogP contribution >= 0.6 is 0 Å². The summed E-state index contributed by atoms with van der Waals surface area (Å²) in [6.45, 7) is 0.747. The minimum Gasteiger partial charge on any atom is -0.359 e. The molecule has 9 heteroatoms. The number of hydrogen-bond donors (Lipinski definition) is 1. The second-order valence-corrected chi connectivity index (χ2v) is 6.58. The van der Waals surface area contributed by atoms with Crippen LogP contribution in [0.5, 0.6) is 0 Å². The van der Waals surface area contributed by atoms with Gasteiger partial charge in [-0.15, -0.1) is 0 Å². The molecule has 27 heavy (non-hydrogen) atoms. The summed E-state index contributed by atoms with van der Waals surface area (Å²) in [7, 11) is 1.70. The molecule has 140 valence electrons. The third-order valence-electron chi connectivity index (χ3n) is 4.29. The molecule has 0 radical (unpaired) electrons. The third-order valence-corrected chi connectivity index (χ3v) is 4.29. The molecule has 1 saturated carbocycles. The number of carbonyl (C=O) groups is 1. The number of amides is 2. The lowest BCUT2D eigenvalue weighted by Gasteiger charge is -2.15. The number of urea groups is 1. The van der Waals surface area contributed by atoms with Crippen LogP contribution in [-0.2, 0) is 13.0 Å². The molecular weight excluding hydrogens is 348 g/mol. The van der Waals surface area contributed by atoms with E-state index in [1.807, 2.05) is 12.1 Å². The fourth-order valence-corrected chi connectivity index (χ4v) is 2.62. The zero-order chi connectivity index (χ0) is 18.6. The zero-order valence-electron chi connectivity index (χ0n) is 15.0. The van der Waals surface area contributed by atoms with Crippen molar-refractivity contribution in [2.75, 3.05) is 13.6 Å². The van der Waals surface area contributed by atoms with Crippen LogP contribution in [0.2, 0.25) is 0 Å². The Kier molecular flexibility index (Phi) is 4.82. The highest BCUT2D eigenvalue weighted by Crippen LogP contribution is 2.38. The summed E-state index contributed by atoms with van der Waals surface area (Å²) in [6, 6.07) is 5.33. The van der Waals surface area contributed by atoms with Crippen LogP contribution in [0.4, 0.5) is 4.79 Å². The van der Waals surface area contributed by atoms with Gasteiger partial charge in [0.1, 0.15) is 5.69 Å². The Labute approximate surface area is 155 Å². The summed E-state index contributed by atoms with van der Waals surface area (Å²) in [5, 5.41) is 10.8. The first-order valence-corrected chi connectivity index (χ1v) is 8.86. The highest BCUT2D eigenvalue weighted by Gasteiger charge is 2.29. The molecule has 3 heterocycles. The Morgan fingerprint density at radius 2 is 2.22 bits per heavy atom. The lowest BCUT2D eigenvalue weighted by molar-refractivity contribution is 0.201. The molecule has 0 saturated heterocycles. The largest absolute Gasteiger partial charge is 0.359 e. The van der Waals surface area contributed by atoms with E-state index in [1.54, 1.807) is 25.5 Å². The molecule has 2 amide bonds. The zero-order valence-corrected chi connectivity index (χ0v) is 15.0. The number of hydrogen-bond acceptors (Lipinski definition) is 7. The molecule has 0 aliphatic heterocycles. The first kappa shape index (κ1) is 17.2. The van der Waals surface area contributed by atoms with Gasteiger partial charge in [0.05, 0.1) is 6.54 Å². The Hall–Kier alpha value is -3.23. The molecule has 0 aromatic carbocycles. The molecule has 3 aromatic rings. The van der Waals surface area contributed by atoms with Gasteiger partial charge < -0.3 is 19.3 Å². The highest BCUT2D eigenvalue weighted by atomic mass is 16.5. The Morgan fingerprint density at radius 1 is 1.33 bits per heavy atom. The summed E-state index contributed by atoms with van der Waals surface area (Å²) in [6.07, 6.45) is 6.18. The Bertz CT molecular complexity index is 903. The van der Waals surface area contributed by atoms with Gasteiger partial charge in [-0.2, -0.15) is 4.98 Å². The smallest absolute Gasteiger partial charge is 0.317 e. The molecule has 0 unspecified atom stereocenters. The molecule has 1 N–H and O–H groups in total. The molecular formula is C18H20N6O3. The summed E-state index contributed by atoms with van der Waals surface area (Å²) >= 11 is 0. The molecule has 1 fully saturated rings. The van der Waals surface area contributed by atoms with Gasteiger partial charge in [-0.05, 0) is 25.0 Å². The molecule has 3 aromatic heterocycles.